The molecular formula is C9H19O5P. The zero-order valence-corrected chi connectivity index (χ0v) is 10.5. The molecule has 15 heavy (non-hydrogen) atoms. The van der Waals surface area contributed by atoms with Crippen LogP contribution in [0, 0.1) is 0 Å². The highest BCUT2D eigenvalue weighted by molar-refractivity contribution is 7.48. The number of epoxide rings is 1. The van der Waals surface area contributed by atoms with Crippen LogP contribution in [0.3, 0.4) is 0 Å². The molecule has 1 atom stereocenters. The predicted octanol–water partition coefficient (Wildman–Crippen LogP) is 2.36. The van der Waals surface area contributed by atoms with E-state index in [9.17, 15) is 4.57 Å². The van der Waals surface area contributed by atoms with Gasteiger partial charge in [-0.15, -0.1) is 0 Å². The van der Waals surface area contributed by atoms with Crippen molar-refractivity contribution in [2.45, 2.75) is 46.0 Å². The van der Waals surface area contributed by atoms with Crippen LogP contribution in [0.4, 0.5) is 0 Å². The average Bonchev–Trinajstić information content (AvgIpc) is 2.79. The fourth-order valence-corrected chi connectivity index (χ4v) is 2.49. The lowest BCUT2D eigenvalue weighted by atomic mass is 10.5. The van der Waals surface area contributed by atoms with Crippen LogP contribution in [0.2, 0.25) is 0 Å². The van der Waals surface area contributed by atoms with Gasteiger partial charge in [-0.05, 0) is 27.7 Å². The van der Waals surface area contributed by atoms with E-state index in [2.05, 4.69) is 0 Å². The number of ether oxygens (including phenoxy) is 1. The van der Waals surface area contributed by atoms with Crippen LogP contribution in [0.15, 0.2) is 0 Å². The van der Waals surface area contributed by atoms with Crippen molar-refractivity contribution >= 4 is 7.82 Å². The van der Waals surface area contributed by atoms with Crippen LogP contribution in [0.1, 0.15) is 27.7 Å². The van der Waals surface area contributed by atoms with Gasteiger partial charge < -0.3 is 4.74 Å². The lowest BCUT2D eigenvalue weighted by molar-refractivity contribution is 0.0682. The van der Waals surface area contributed by atoms with Gasteiger partial charge in [-0.25, -0.2) is 4.57 Å². The third-order valence-corrected chi connectivity index (χ3v) is 3.33. The van der Waals surface area contributed by atoms with E-state index in [1.54, 1.807) is 27.7 Å². The summed E-state index contributed by atoms with van der Waals surface area (Å²) < 4.78 is 32.5. The number of rotatable bonds is 7. The minimum Gasteiger partial charge on any atom is -0.371 e. The number of hydrogen-bond acceptors (Lipinski definition) is 5. The first kappa shape index (κ1) is 13.1. The molecule has 90 valence electrons. The molecule has 0 saturated carbocycles. The number of phosphoric acid groups is 1. The topological polar surface area (TPSA) is 57.3 Å². The van der Waals surface area contributed by atoms with E-state index in [1.807, 2.05) is 0 Å². The zero-order valence-electron chi connectivity index (χ0n) is 9.63. The Bertz CT molecular complexity index is 223. The second-order valence-electron chi connectivity index (χ2n) is 4.01. The van der Waals surface area contributed by atoms with E-state index in [4.69, 9.17) is 18.3 Å². The van der Waals surface area contributed by atoms with E-state index < -0.39 is 7.82 Å². The fourth-order valence-electron chi connectivity index (χ4n) is 0.941. The molecule has 1 fully saturated rings. The summed E-state index contributed by atoms with van der Waals surface area (Å²) in [6, 6.07) is 0. The van der Waals surface area contributed by atoms with E-state index in [1.165, 1.54) is 0 Å². The Balaban J connectivity index is 2.44. The summed E-state index contributed by atoms with van der Waals surface area (Å²) in [7, 11) is -3.43. The maximum absolute atomic E-state index is 12.0. The Morgan fingerprint density at radius 1 is 1.27 bits per heavy atom. The summed E-state index contributed by atoms with van der Waals surface area (Å²) in [5, 5.41) is 0. The Morgan fingerprint density at radius 2 is 1.73 bits per heavy atom. The molecule has 0 spiro atoms. The van der Waals surface area contributed by atoms with Gasteiger partial charge in [0.1, 0.15) is 6.10 Å². The van der Waals surface area contributed by atoms with Crippen LogP contribution >= 0.6 is 7.82 Å². The minimum atomic E-state index is -3.43. The van der Waals surface area contributed by atoms with Gasteiger partial charge in [0.25, 0.3) is 0 Å². The van der Waals surface area contributed by atoms with Crippen LogP contribution < -0.4 is 0 Å². The molecule has 0 aliphatic carbocycles. The summed E-state index contributed by atoms with van der Waals surface area (Å²) in [6.07, 6.45) is -0.353. The van der Waals surface area contributed by atoms with Crippen molar-refractivity contribution in [1.82, 2.24) is 0 Å². The van der Waals surface area contributed by atoms with Crippen molar-refractivity contribution < 1.29 is 22.9 Å². The van der Waals surface area contributed by atoms with Crippen LogP contribution in [0.5, 0.6) is 0 Å². The molecule has 1 rings (SSSR count). The van der Waals surface area contributed by atoms with Crippen molar-refractivity contribution in [1.29, 1.82) is 0 Å². The third-order valence-electron chi connectivity index (χ3n) is 1.50. The molecular weight excluding hydrogens is 219 g/mol. The first-order valence-corrected chi connectivity index (χ1v) is 6.60. The average molecular weight is 238 g/mol. The Hall–Kier alpha value is 0.0700. The van der Waals surface area contributed by atoms with Gasteiger partial charge in [0.05, 0.1) is 25.4 Å². The number of phosphoric ester groups is 1. The molecule has 0 aromatic rings. The van der Waals surface area contributed by atoms with Crippen molar-refractivity contribution in [3.8, 4) is 0 Å². The molecule has 1 heterocycles. The highest BCUT2D eigenvalue weighted by Gasteiger charge is 2.33. The van der Waals surface area contributed by atoms with Crippen molar-refractivity contribution in [3.63, 3.8) is 0 Å². The SMILES string of the molecule is CC(C)OP(=O)(OCC1CO1)OC(C)C. The molecule has 0 bridgehead atoms. The molecule has 1 unspecified atom stereocenters. The monoisotopic (exact) mass is 238 g/mol. The maximum Gasteiger partial charge on any atom is 0.475 e. The first-order valence-electron chi connectivity index (χ1n) is 5.14. The quantitative estimate of drug-likeness (QED) is 0.503. The van der Waals surface area contributed by atoms with Gasteiger partial charge in [0.2, 0.25) is 0 Å². The fraction of sp³-hybridized carbons (Fsp3) is 1.00. The summed E-state index contributed by atoms with van der Waals surface area (Å²) in [5.41, 5.74) is 0. The van der Waals surface area contributed by atoms with Gasteiger partial charge in [0, 0.05) is 0 Å². The van der Waals surface area contributed by atoms with Gasteiger partial charge in [-0.2, -0.15) is 0 Å². The van der Waals surface area contributed by atoms with E-state index in [-0.39, 0.29) is 24.9 Å². The lowest BCUT2D eigenvalue weighted by Gasteiger charge is -2.21. The molecule has 1 aliphatic heterocycles. The first-order chi connectivity index (χ1) is 6.91. The van der Waals surface area contributed by atoms with Crippen molar-refractivity contribution in [2.75, 3.05) is 13.2 Å². The largest absolute Gasteiger partial charge is 0.475 e. The van der Waals surface area contributed by atoms with Crippen LogP contribution in [-0.2, 0) is 22.9 Å². The minimum absolute atomic E-state index is 0.0462. The standard InChI is InChI=1S/C9H19O5P/c1-7(2)13-15(10,14-8(3)4)12-6-9-5-11-9/h7-9H,5-6H2,1-4H3. The second kappa shape index (κ2) is 5.41. The molecule has 0 aromatic heterocycles. The normalized spacial score (nSPS) is 21.3. The molecule has 1 saturated heterocycles. The maximum atomic E-state index is 12.0. The highest BCUT2D eigenvalue weighted by atomic mass is 31.2. The molecule has 0 amide bonds. The van der Waals surface area contributed by atoms with E-state index in [0.717, 1.165) is 0 Å². The van der Waals surface area contributed by atoms with Crippen LogP contribution in [0.25, 0.3) is 0 Å². The summed E-state index contributed by atoms with van der Waals surface area (Å²) in [5.74, 6) is 0. The molecule has 6 heteroatoms. The van der Waals surface area contributed by atoms with Crippen molar-refractivity contribution in [2.24, 2.45) is 0 Å². The molecule has 1 aliphatic rings. The van der Waals surface area contributed by atoms with Gasteiger partial charge in [0.15, 0.2) is 0 Å². The van der Waals surface area contributed by atoms with Crippen LogP contribution in [-0.4, -0.2) is 31.5 Å². The Morgan fingerprint density at radius 3 is 2.07 bits per heavy atom. The predicted molar refractivity (Wildman–Crippen MR) is 55.7 cm³/mol. The summed E-state index contributed by atoms with van der Waals surface area (Å²) in [6.45, 7) is 8.06. The third kappa shape index (κ3) is 5.64. The van der Waals surface area contributed by atoms with Gasteiger partial charge in [-0.3, -0.25) is 13.6 Å². The lowest BCUT2D eigenvalue weighted by Crippen LogP contribution is -2.12. The molecule has 0 N–H and O–H groups in total. The summed E-state index contributed by atoms with van der Waals surface area (Å²) in [4.78, 5) is 0. The summed E-state index contributed by atoms with van der Waals surface area (Å²) >= 11 is 0. The van der Waals surface area contributed by atoms with E-state index in [0.29, 0.717) is 6.61 Å². The zero-order chi connectivity index (χ0) is 11.5. The van der Waals surface area contributed by atoms with Crippen molar-refractivity contribution in [3.05, 3.63) is 0 Å². The molecule has 0 aromatic carbocycles. The molecule has 0 radical (unpaired) electrons. The number of hydrogen-bond donors (Lipinski definition) is 0. The second-order valence-corrected chi connectivity index (χ2v) is 5.58. The van der Waals surface area contributed by atoms with Gasteiger partial charge in [-0.1, -0.05) is 0 Å². The van der Waals surface area contributed by atoms with Gasteiger partial charge >= 0.3 is 7.82 Å². The highest BCUT2D eigenvalue weighted by Crippen LogP contribution is 2.52. The molecule has 5 nitrogen and oxygen atoms in total. The smallest absolute Gasteiger partial charge is 0.371 e. The Kier molecular flexibility index (Phi) is 4.74. The Labute approximate surface area is 90.7 Å². The van der Waals surface area contributed by atoms with E-state index >= 15 is 0 Å².